The van der Waals surface area contributed by atoms with Crippen LogP contribution in [0.3, 0.4) is 0 Å². The Morgan fingerprint density at radius 2 is 1.64 bits per heavy atom. The SMILES string of the molecule is CCN(CC)CCNC(=O)c1ccc(NS(=O)(=O)c2cc(C)ccc2C)cc1. The van der Waals surface area contributed by atoms with Crippen LogP contribution in [-0.2, 0) is 10.0 Å². The van der Waals surface area contributed by atoms with E-state index in [4.69, 9.17) is 0 Å². The summed E-state index contributed by atoms with van der Waals surface area (Å²) >= 11 is 0. The lowest BCUT2D eigenvalue weighted by Crippen LogP contribution is -2.34. The number of benzene rings is 2. The van der Waals surface area contributed by atoms with Gasteiger partial charge >= 0.3 is 0 Å². The molecule has 2 rings (SSSR count). The Balaban J connectivity index is 2.02. The van der Waals surface area contributed by atoms with Crippen LogP contribution in [0.5, 0.6) is 0 Å². The number of aryl methyl sites for hydroxylation is 2. The van der Waals surface area contributed by atoms with Crippen molar-refractivity contribution in [2.45, 2.75) is 32.6 Å². The van der Waals surface area contributed by atoms with Crippen LogP contribution in [0.4, 0.5) is 5.69 Å². The highest BCUT2D eigenvalue weighted by molar-refractivity contribution is 7.92. The fourth-order valence-corrected chi connectivity index (χ4v) is 4.26. The lowest BCUT2D eigenvalue weighted by molar-refractivity contribution is 0.0949. The highest BCUT2D eigenvalue weighted by Gasteiger charge is 2.17. The summed E-state index contributed by atoms with van der Waals surface area (Å²) in [6.07, 6.45) is 0. The van der Waals surface area contributed by atoms with E-state index in [1.807, 2.05) is 13.0 Å². The molecule has 7 heteroatoms. The van der Waals surface area contributed by atoms with E-state index in [1.54, 1.807) is 43.3 Å². The van der Waals surface area contributed by atoms with E-state index in [0.717, 1.165) is 25.2 Å². The van der Waals surface area contributed by atoms with Crippen molar-refractivity contribution in [3.05, 3.63) is 59.2 Å². The first kappa shape index (κ1) is 21.9. The Kier molecular flexibility index (Phi) is 7.60. The van der Waals surface area contributed by atoms with E-state index in [-0.39, 0.29) is 10.8 Å². The van der Waals surface area contributed by atoms with Gasteiger partial charge in [0.1, 0.15) is 0 Å². The van der Waals surface area contributed by atoms with Crippen molar-refractivity contribution < 1.29 is 13.2 Å². The summed E-state index contributed by atoms with van der Waals surface area (Å²) in [5.41, 5.74) is 2.47. The molecule has 0 aliphatic heterocycles. The molecule has 0 bridgehead atoms. The minimum Gasteiger partial charge on any atom is -0.351 e. The molecular formula is C21H29N3O3S. The van der Waals surface area contributed by atoms with Gasteiger partial charge in [-0.05, 0) is 68.4 Å². The van der Waals surface area contributed by atoms with Crippen molar-refractivity contribution in [1.82, 2.24) is 10.2 Å². The molecule has 0 aliphatic carbocycles. The molecule has 0 spiro atoms. The summed E-state index contributed by atoms with van der Waals surface area (Å²) in [5.74, 6) is -0.170. The summed E-state index contributed by atoms with van der Waals surface area (Å²) in [4.78, 5) is 14.7. The number of sulfonamides is 1. The maximum absolute atomic E-state index is 12.7. The fourth-order valence-electron chi connectivity index (χ4n) is 2.87. The van der Waals surface area contributed by atoms with Gasteiger partial charge in [-0.2, -0.15) is 0 Å². The lowest BCUT2D eigenvalue weighted by Gasteiger charge is -2.18. The first-order valence-corrected chi connectivity index (χ1v) is 11.0. The summed E-state index contributed by atoms with van der Waals surface area (Å²) in [7, 11) is -3.69. The van der Waals surface area contributed by atoms with Crippen molar-refractivity contribution >= 4 is 21.6 Å². The average molecular weight is 404 g/mol. The average Bonchev–Trinajstić information content (AvgIpc) is 2.67. The third kappa shape index (κ3) is 5.81. The van der Waals surface area contributed by atoms with Crippen LogP contribution in [0.1, 0.15) is 35.3 Å². The van der Waals surface area contributed by atoms with Crippen LogP contribution in [-0.4, -0.2) is 45.4 Å². The first-order chi connectivity index (χ1) is 13.3. The molecule has 28 heavy (non-hydrogen) atoms. The van der Waals surface area contributed by atoms with E-state index in [9.17, 15) is 13.2 Å². The molecule has 0 aromatic heterocycles. The number of nitrogens with zero attached hydrogens (tertiary/aromatic N) is 1. The zero-order chi connectivity index (χ0) is 20.7. The van der Waals surface area contributed by atoms with Crippen LogP contribution >= 0.6 is 0 Å². The zero-order valence-electron chi connectivity index (χ0n) is 17.0. The van der Waals surface area contributed by atoms with Gasteiger partial charge in [-0.1, -0.05) is 26.0 Å². The molecule has 6 nitrogen and oxygen atoms in total. The lowest BCUT2D eigenvalue weighted by atomic mass is 10.2. The van der Waals surface area contributed by atoms with E-state index < -0.39 is 10.0 Å². The Labute approximate surface area is 168 Å². The standard InChI is InChI=1S/C21H29N3O3S/c1-5-24(6-2)14-13-22-21(25)18-9-11-19(12-10-18)23-28(26,27)20-15-16(3)7-8-17(20)4/h7-12,15,23H,5-6,13-14H2,1-4H3,(H,22,25). The molecule has 2 N–H and O–H groups in total. The zero-order valence-corrected chi connectivity index (χ0v) is 17.8. The van der Waals surface area contributed by atoms with Gasteiger partial charge in [-0.25, -0.2) is 8.42 Å². The molecule has 152 valence electrons. The van der Waals surface area contributed by atoms with E-state index >= 15 is 0 Å². The van der Waals surface area contributed by atoms with Crippen molar-refractivity contribution in [3.63, 3.8) is 0 Å². The van der Waals surface area contributed by atoms with Crippen molar-refractivity contribution in [2.75, 3.05) is 30.9 Å². The van der Waals surface area contributed by atoms with Gasteiger partial charge < -0.3 is 10.2 Å². The highest BCUT2D eigenvalue weighted by Crippen LogP contribution is 2.21. The molecule has 0 fully saturated rings. The molecule has 2 aromatic rings. The Bertz CT molecular complexity index is 905. The van der Waals surface area contributed by atoms with Gasteiger partial charge in [-0.3, -0.25) is 9.52 Å². The van der Waals surface area contributed by atoms with E-state index in [1.165, 1.54) is 0 Å². The summed E-state index contributed by atoms with van der Waals surface area (Å²) in [5, 5.41) is 2.89. The first-order valence-electron chi connectivity index (χ1n) is 9.47. The van der Waals surface area contributed by atoms with Crippen molar-refractivity contribution in [3.8, 4) is 0 Å². The normalized spacial score (nSPS) is 11.5. The van der Waals surface area contributed by atoms with Gasteiger partial charge in [-0.15, -0.1) is 0 Å². The molecule has 1 amide bonds. The smallest absolute Gasteiger partial charge is 0.262 e. The molecule has 0 radical (unpaired) electrons. The third-order valence-corrected chi connectivity index (χ3v) is 6.16. The van der Waals surface area contributed by atoms with Crippen LogP contribution in [0.25, 0.3) is 0 Å². The van der Waals surface area contributed by atoms with Gasteiger partial charge in [0.2, 0.25) is 0 Å². The van der Waals surface area contributed by atoms with Crippen LogP contribution in [0.2, 0.25) is 0 Å². The Morgan fingerprint density at radius 3 is 2.25 bits per heavy atom. The number of hydrogen-bond donors (Lipinski definition) is 2. The topological polar surface area (TPSA) is 78.5 Å². The molecular weight excluding hydrogens is 374 g/mol. The third-order valence-electron chi connectivity index (χ3n) is 4.64. The molecule has 0 unspecified atom stereocenters. The number of carbonyl (C=O) groups excluding carboxylic acids is 1. The van der Waals surface area contributed by atoms with Gasteiger partial charge in [0, 0.05) is 24.3 Å². The number of anilines is 1. The number of likely N-dealkylation sites (N-methyl/N-ethyl adjacent to an activating group) is 1. The summed E-state index contributed by atoms with van der Waals surface area (Å²) in [6.45, 7) is 11.1. The molecule has 0 heterocycles. The largest absolute Gasteiger partial charge is 0.351 e. The molecule has 2 aromatic carbocycles. The quantitative estimate of drug-likeness (QED) is 0.674. The highest BCUT2D eigenvalue weighted by atomic mass is 32.2. The predicted octanol–water partition coefficient (Wildman–Crippen LogP) is 3.18. The van der Waals surface area contributed by atoms with E-state index in [2.05, 4.69) is 28.8 Å². The molecule has 0 saturated carbocycles. The summed E-state index contributed by atoms with van der Waals surface area (Å²) in [6, 6.07) is 11.7. The Hall–Kier alpha value is -2.38. The maximum atomic E-state index is 12.7. The van der Waals surface area contributed by atoms with Crippen molar-refractivity contribution in [2.24, 2.45) is 0 Å². The minimum atomic E-state index is -3.69. The van der Waals surface area contributed by atoms with Crippen LogP contribution in [0.15, 0.2) is 47.4 Å². The van der Waals surface area contributed by atoms with Gasteiger partial charge in [0.05, 0.1) is 4.90 Å². The number of rotatable bonds is 9. The molecule has 0 saturated heterocycles. The number of hydrogen-bond acceptors (Lipinski definition) is 4. The summed E-state index contributed by atoms with van der Waals surface area (Å²) < 4.78 is 27.9. The minimum absolute atomic E-state index is 0.170. The molecule has 0 atom stereocenters. The van der Waals surface area contributed by atoms with Crippen LogP contribution in [0, 0.1) is 13.8 Å². The second-order valence-corrected chi connectivity index (χ2v) is 8.39. The monoisotopic (exact) mass is 403 g/mol. The van der Waals surface area contributed by atoms with Gasteiger partial charge in [0.25, 0.3) is 15.9 Å². The predicted molar refractivity (Wildman–Crippen MR) is 113 cm³/mol. The van der Waals surface area contributed by atoms with Crippen molar-refractivity contribution in [1.29, 1.82) is 0 Å². The number of carbonyl (C=O) groups is 1. The molecule has 0 aliphatic rings. The number of amides is 1. The van der Waals surface area contributed by atoms with Gasteiger partial charge in [0.15, 0.2) is 0 Å². The Morgan fingerprint density at radius 1 is 1.00 bits per heavy atom. The van der Waals surface area contributed by atoms with Crippen LogP contribution < -0.4 is 10.0 Å². The van der Waals surface area contributed by atoms with E-state index in [0.29, 0.717) is 23.4 Å². The fraction of sp³-hybridized carbons (Fsp3) is 0.381. The second kappa shape index (κ2) is 9.71. The maximum Gasteiger partial charge on any atom is 0.262 e. The number of nitrogens with one attached hydrogen (secondary N) is 2. The second-order valence-electron chi connectivity index (χ2n) is 6.73.